The lowest BCUT2D eigenvalue weighted by atomic mass is 9.84. The Hall–Kier alpha value is -0.480. The van der Waals surface area contributed by atoms with E-state index in [4.69, 9.17) is 16.3 Å². The second kappa shape index (κ2) is 6.99. The Balaban J connectivity index is 0.00000147. The van der Waals surface area contributed by atoms with E-state index >= 15 is 0 Å². The van der Waals surface area contributed by atoms with E-state index in [1.165, 1.54) is 32.5 Å². The van der Waals surface area contributed by atoms with E-state index in [2.05, 4.69) is 10.2 Å². The standard InChI is InChI=1S/C15H21ClN2O.ClH/c1-19-15-3-2-13(16)8-12(15)9-17-14-10-18-6-4-11(14)5-7-18;/h2-3,8,11,14,17H,4-7,9-10H2,1H3;1H. The molecular formula is C15H22Cl2N2O. The van der Waals surface area contributed by atoms with Gasteiger partial charge in [0.15, 0.2) is 0 Å². The normalized spacial score (nSPS) is 28.0. The van der Waals surface area contributed by atoms with Crippen molar-refractivity contribution in [2.24, 2.45) is 5.92 Å². The molecule has 0 saturated carbocycles. The van der Waals surface area contributed by atoms with Gasteiger partial charge in [0.1, 0.15) is 5.75 Å². The summed E-state index contributed by atoms with van der Waals surface area (Å²) in [7, 11) is 1.71. The molecule has 1 unspecified atom stereocenters. The predicted octanol–water partition coefficient (Wildman–Crippen LogP) is 2.95. The van der Waals surface area contributed by atoms with Crippen LogP contribution in [-0.4, -0.2) is 37.7 Å². The summed E-state index contributed by atoms with van der Waals surface area (Å²) in [6, 6.07) is 6.43. The zero-order valence-electron chi connectivity index (χ0n) is 11.8. The van der Waals surface area contributed by atoms with Crippen molar-refractivity contribution in [3.8, 4) is 5.75 Å². The number of fused-ring (bicyclic) bond motifs is 3. The topological polar surface area (TPSA) is 24.5 Å². The summed E-state index contributed by atoms with van der Waals surface area (Å²) < 4.78 is 5.39. The maximum Gasteiger partial charge on any atom is 0.123 e. The second-order valence-electron chi connectivity index (χ2n) is 5.58. The SMILES string of the molecule is COc1ccc(Cl)cc1CNC1CN2CCC1CC2.Cl. The summed E-state index contributed by atoms with van der Waals surface area (Å²) in [5.41, 5.74) is 1.14. The van der Waals surface area contributed by atoms with Crippen LogP contribution < -0.4 is 10.1 Å². The molecule has 112 valence electrons. The lowest BCUT2D eigenvalue weighted by Gasteiger charge is -2.45. The second-order valence-corrected chi connectivity index (χ2v) is 6.02. The lowest BCUT2D eigenvalue weighted by molar-refractivity contribution is 0.0719. The third-order valence-electron chi connectivity index (χ3n) is 4.45. The Kier molecular flexibility index (Phi) is 5.56. The maximum atomic E-state index is 6.07. The van der Waals surface area contributed by atoms with Crippen LogP contribution in [0.5, 0.6) is 5.75 Å². The van der Waals surface area contributed by atoms with E-state index in [1.807, 2.05) is 18.2 Å². The first-order chi connectivity index (χ1) is 9.26. The molecule has 0 amide bonds. The molecule has 0 radical (unpaired) electrons. The van der Waals surface area contributed by atoms with Crippen molar-refractivity contribution >= 4 is 24.0 Å². The molecule has 1 N–H and O–H groups in total. The van der Waals surface area contributed by atoms with Crippen molar-refractivity contribution in [2.75, 3.05) is 26.7 Å². The maximum absolute atomic E-state index is 6.07. The van der Waals surface area contributed by atoms with Gasteiger partial charge in [-0.1, -0.05) is 11.6 Å². The van der Waals surface area contributed by atoms with Gasteiger partial charge >= 0.3 is 0 Å². The largest absolute Gasteiger partial charge is 0.496 e. The molecular weight excluding hydrogens is 295 g/mol. The Labute approximate surface area is 132 Å². The highest BCUT2D eigenvalue weighted by molar-refractivity contribution is 6.30. The Bertz CT molecular complexity index is 447. The van der Waals surface area contributed by atoms with E-state index < -0.39 is 0 Å². The quantitative estimate of drug-likeness (QED) is 0.924. The van der Waals surface area contributed by atoms with E-state index in [9.17, 15) is 0 Å². The third kappa shape index (κ3) is 3.40. The summed E-state index contributed by atoms with van der Waals surface area (Å²) in [6.07, 6.45) is 2.68. The van der Waals surface area contributed by atoms with Crippen LogP contribution in [0.25, 0.3) is 0 Å². The molecule has 20 heavy (non-hydrogen) atoms. The first kappa shape index (κ1) is 15.9. The van der Waals surface area contributed by atoms with E-state index in [0.29, 0.717) is 6.04 Å². The summed E-state index contributed by atoms with van der Waals surface area (Å²) in [6.45, 7) is 4.58. The number of halogens is 2. The average molecular weight is 317 g/mol. The minimum atomic E-state index is 0. The molecule has 0 spiro atoms. The summed E-state index contributed by atoms with van der Waals surface area (Å²) in [4.78, 5) is 2.56. The van der Waals surface area contributed by atoms with Crippen molar-refractivity contribution < 1.29 is 4.74 Å². The van der Waals surface area contributed by atoms with Gasteiger partial charge in [0, 0.05) is 29.7 Å². The first-order valence-corrected chi connectivity index (χ1v) is 7.42. The van der Waals surface area contributed by atoms with Crippen molar-refractivity contribution in [2.45, 2.75) is 25.4 Å². The number of rotatable bonds is 4. The van der Waals surface area contributed by atoms with Gasteiger partial charge in [-0.15, -0.1) is 12.4 Å². The van der Waals surface area contributed by atoms with Crippen LogP contribution in [0.3, 0.4) is 0 Å². The molecule has 1 aromatic carbocycles. The molecule has 3 fully saturated rings. The fourth-order valence-corrected chi connectivity index (χ4v) is 3.52. The minimum Gasteiger partial charge on any atom is -0.496 e. The van der Waals surface area contributed by atoms with Gasteiger partial charge in [-0.3, -0.25) is 0 Å². The Morgan fingerprint density at radius 2 is 2.10 bits per heavy atom. The van der Waals surface area contributed by atoms with Crippen LogP contribution in [0.2, 0.25) is 5.02 Å². The van der Waals surface area contributed by atoms with Crippen molar-refractivity contribution in [1.82, 2.24) is 10.2 Å². The molecule has 0 aromatic heterocycles. The first-order valence-electron chi connectivity index (χ1n) is 7.04. The molecule has 2 bridgehead atoms. The van der Waals surface area contributed by atoms with E-state index in [-0.39, 0.29) is 12.4 Å². The number of benzene rings is 1. The molecule has 1 aromatic rings. The van der Waals surface area contributed by atoms with Crippen molar-refractivity contribution in [3.05, 3.63) is 28.8 Å². The Morgan fingerprint density at radius 3 is 2.70 bits per heavy atom. The highest BCUT2D eigenvalue weighted by Gasteiger charge is 2.33. The van der Waals surface area contributed by atoms with Gasteiger partial charge in [-0.2, -0.15) is 0 Å². The summed E-state index contributed by atoms with van der Waals surface area (Å²) >= 11 is 6.07. The fraction of sp³-hybridized carbons (Fsp3) is 0.600. The van der Waals surface area contributed by atoms with Crippen LogP contribution in [0.4, 0.5) is 0 Å². The monoisotopic (exact) mass is 316 g/mol. The molecule has 5 heteroatoms. The summed E-state index contributed by atoms with van der Waals surface area (Å²) in [5, 5.41) is 4.46. The molecule has 0 aliphatic carbocycles. The van der Waals surface area contributed by atoms with Gasteiger partial charge in [0.05, 0.1) is 7.11 Å². The van der Waals surface area contributed by atoms with Crippen LogP contribution in [-0.2, 0) is 6.54 Å². The zero-order valence-corrected chi connectivity index (χ0v) is 13.3. The Morgan fingerprint density at radius 1 is 1.35 bits per heavy atom. The highest BCUT2D eigenvalue weighted by Crippen LogP contribution is 2.28. The van der Waals surface area contributed by atoms with Crippen LogP contribution in [0, 0.1) is 5.92 Å². The van der Waals surface area contributed by atoms with Crippen LogP contribution in [0.1, 0.15) is 18.4 Å². The predicted molar refractivity (Wildman–Crippen MR) is 85.0 cm³/mol. The van der Waals surface area contributed by atoms with Crippen molar-refractivity contribution in [1.29, 1.82) is 0 Å². The van der Waals surface area contributed by atoms with Crippen molar-refractivity contribution in [3.63, 3.8) is 0 Å². The van der Waals surface area contributed by atoms with Gasteiger partial charge < -0.3 is 15.0 Å². The summed E-state index contributed by atoms with van der Waals surface area (Å²) in [5.74, 6) is 1.76. The van der Waals surface area contributed by atoms with Crippen LogP contribution >= 0.6 is 24.0 Å². The fourth-order valence-electron chi connectivity index (χ4n) is 3.32. The minimum absolute atomic E-state index is 0. The smallest absolute Gasteiger partial charge is 0.123 e. The molecule has 3 aliphatic rings. The number of ether oxygens (including phenoxy) is 1. The number of nitrogens with one attached hydrogen (secondary N) is 1. The van der Waals surface area contributed by atoms with Gasteiger partial charge in [-0.05, 0) is 50.0 Å². The number of piperidine rings is 3. The highest BCUT2D eigenvalue weighted by atomic mass is 35.5. The third-order valence-corrected chi connectivity index (χ3v) is 4.69. The number of methoxy groups -OCH3 is 1. The van der Waals surface area contributed by atoms with E-state index in [0.717, 1.165) is 28.8 Å². The molecule has 3 aliphatic heterocycles. The molecule has 1 atom stereocenters. The lowest BCUT2D eigenvalue weighted by Crippen LogP contribution is -2.55. The van der Waals surface area contributed by atoms with Gasteiger partial charge in [0.2, 0.25) is 0 Å². The average Bonchev–Trinajstić information content (AvgIpc) is 2.46. The molecule has 3 nitrogen and oxygen atoms in total. The number of hydrogen-bond acceptors (Lipinski definition) is 3. The van der Waals surface area contributed by atoms with Gasteiger partial charge in [-0.25, -0.2) is 0 Å². The molecule has 4 rings (SSSR count). The molecule has 3 saturated heterocycles. The van der Waals surface area contributed by atoms with Crippen LogP contribution in [0.15, 0.2) is 18.2 Å². The van der Waals surface area contributed by atoms with Gasteiger partial charge in [0.25, 0.3) is 0 Å². The van der Waals surface area contributed by atoms with E-state index in [1.54, 1.807) is 7.11 Å². The molecule has 3 heterocycles. The number of hydrogen-bond donors (Lipinski definition) is 1. The zero-order chi connectivity index (χ0) is 13.2. The number of nitrogens with zero attached hydrogens (tertiary/aromatic N) is 1.